The summed E-state index contributed by atoms with van der Waals surface area (Å²) in [6.07, 6.45) is 1.45. The first-order chi connectivity index (χ1) is 15.7. The zero-order valence-corrected chi connectivity index (χ0v) is 17.9. The summed E-state index contributed by atoms with van der Waals surface area (Å²) >= 11 is 0. The maximum Gasteiger partial charge on any atom is 0.332 e. The van der Waals surface area contributed by atoms with E-state index in [1.807, 2.05) is 0 Å². The van der Waals surface area contributed by atoms with Crippen LogP contribution in [0.25, 0.3) is 0 Å². The molecule has 3 rings (SSSR count). The van der Waals surface area contributed by atoms with Crippen LogP contribution in [0.3, 0.4) is 0 Å². The number of nitrogens with zero attached hydrogens (tertiary/aromatic N) is 2. The number of non-ortho nitro benzene ring substituents is 1. The Labute approximate surface area is 188 Å². The first-order valence-corrected chi connectivity index (χ1v) is 9.86. The van der Waals surface area contributed by atoms with Gasteiger partial charge in [-0.1, -0.05) is 0 Å². The van der Waals surface area contributed by atoms with Crippen LogP contribution in [0.15, 0.2) is 48.0 Å². The number of anilines is 1. The number of carbonyl (C=O) groups is 2. The standard InChI is InChI=1S/C22H22N2O9/c1-31-19-9-13-3-4-14(17(22(27)28)10-21(25)26)12-23(18(13)11-20(19)32-2)33-16-7-5-15(6-8-16)24(29)30/h5-11,14H,3-4,12H2,1-2H3,(H,25,26)(H,27,28). The highest BCUT2D eigenvalue weighted by molar-refractivity contribution is 5.95. The van der Waals surface area contributed by atoms with Crippen molar-refractivity contribution in [2.45, 2.75) is 12.8 Å². The van der Waals surface area contributed by atoms with Crippen molar-refractivity contribution in [3.8, 4) is 17.2 Å². The summed E-state index contributed by atoms with van der Waals surface area (Å²) in [6, 6.07) is 8.85. The Hall–Kier alpha value is -4.28. The van der Waals surface area contributed by atoms with Gasteiger partial charge >= 0.3 is 11.9 Å². The number of hydrogen-bond acceptors (Lipinski definition) is 8. The van der Waals surface area contributed by atoms with Gasteiger partial charge in [-0.05, 0) is 36.6 Å². The van der Waals surface area contributed by atoms with Gasteiger partial charge in [0.05, 0.1) is 31.4 Å². The molecule has 0 aromatic heterocycles. The molecule has 33 heavy (non-hydrogen) atoms. The molecule has 174 valence electrons. The zero-order chi connectivity index (χ0) is 24.1. The molecule has 1 atom stereocenters. The average molecular weight is 458 g/mol. The molecule has 11 heteroatoms. The maximum atomic E-state index is 11.8. The van der Waals surface area contributed by atoms with Crippen LogP contribution in [0.1, 0.15) is 12.0 Å². The van der Waals surface area contributed by atoms with Crippen molar-refractivity contribution in [2.24, 2.45) is 5.92 Å². The Morgan fingerprint density at radius 2 is 1.76 bits per heavy atom. The van der Waals surface area contributed by atoms with Gasteiger partial charge in [-0.3, -0.25) is 10.1 Å². The molecule has 0 spiro atoms. The molecule has 0 fully saturated rings. The number of methoxy groups -OCH3 is 2. The Bertz CT molecular complexity index is 1100. The lowest BCUT2D eigenvalue weighted by Crippen LogP contribution is -2.34. The van der Waals surface area contributed by atoms with Gasteiger partial charge in [0.15, 0.2) is 17.2 Å². The van der Waals surface area contributed by atoms with Crippen molar-refractivity contribution in [1.29, 1.82) is 0 Å². The number of aliphatic carboxylic acids is 2. The summed E-state index contributed by atoms with van der Waals surface area (Å²) in [5.74, 6) is -2.20. The number of fused-ring (bicyclic) bond motifs is 1. The lowest BCUT2D eigenvalue weighted by atomic mass is 9.93. The second-order valence-electron chi connectivity index (χ2n) is 7.22. The molecule has 2 aromatic carbocycles. The van der Waals surface area contributed by atoms with E-state index in [2.05, 4.69) is 0 Å². The number of carboxylic acid groups (broad SMARTS) is 2. The molecule has 2 aromatic rings. The van der Waals surface area contributed by atoms with Gasteiger partial charge in [0.1, 0.15) is 0 Å². The van der Waals surface area contributed by atoms with Crippen LogP contribution in [0.5, 0.6) is 17.2 Å². The molecular weight excluding hydrogens is 436 g/mol. The van der Waals surface area contributed by atoms with E-state index in [1.54, 1.807) is 12.1 Å². The Balaban J connectivity index is 2.05. The van der Waals surface area contributed by atoms with Crippen LogP contribution in [-0.2, 0) is 16.0 Å². The number of hydrogen-bond donors (Lipinski definition) is 2. The van der Waals surface area contributed by atoms with Crippen LogP contribution >= 0.6 is 0 Å². The number of hydroxylamine groups is 1. The summed E-state index contributed by atoms with van der Waals surface area (Å²) in [6.45, 7) is 0.0187. The van der Waals surface area contributed by atoms with E-state index in [9.17, 15) is 24.8 Å². The monoisotopic (exact) mass is 458 g/mol. The lowest BCUT2D eigenvalue weighted by molar-refractivity contribution is -0.384. The number of aryl methyl sites for hydroxylation is 1. The Morgan fingerprint density at radius 3 is 2.30 bits per heavy atom. The van der Waals surface area contributed by atoms with Crippen LogP contribution in [0.2, 0.25) is 0 Å². The number of benzene rings is 2. The Kier molecular flexibility index (Phi) is 7.01. The molecule has 1 aliphatic heterocycles. The predicted octanol–water partition coefficient (Wildman–Crippen LogP) is 3.07. The van der Waals surface area contributed by atoms with Crippen LogP contribution in [0, 0.1) is 16.0 Å². The summed E-state index contributed by atoms with van der Waals surface area (Å²) in [5, 5.41) is 31.1. The summed E-state index contributed by atoms with van der Waals surface area (Å²) in [4.78, 5) is 39.4. The van der Waals surface area contributed by atoms with Gasteiger partial charge in [-0.25, -0.2) is 14.7 Å². The highest BCUT2D eigenvalue weighted by Crippen LogP contribution is 2.39. The predicted molar refractivity (Wildman–Crippen MR) is 116 cm³/mol. The molecule has 0 amide bonds. The van der Waals surface area contributed by atoms with E-state index in [0.717, 1.165) is 5.56 Å². The molecule has 0 radical (unpaired) electrons. The fraction of sp³-hybridized carbons (Fsp3) is 0.273. The van der Waals surface area contributed by atoms with Crippen molar-refractivity contribution < 1.29 is 39.0 Å². The van der Waals surface area contributed by atoms with Crippen molar-refractivity contribution in [3.63, 3.8) is 0 Å². The first kappa shape index (κ1) is 23.4. The van der Waals surface area contributed by atoms with Gasteiger partial charge in [-0.15, -0.1) is 0 Å². The second kappa shape index (κ2) is 9.90. The van der Waals surface area contributed by atoms with E-state index in [1.165, 1.54) is 43.5 Å². The van der Waals surface area contributed by atoms with Gasteiger partial charge < -0.3 is 24.5 Å². The fourth-order valence-electron chi connectivity index (χ4n) is 3.65. The minimum atomic E-state index is -1.36. The molecule has 1 heterocycles. The first-order valence-electron chi connectivity index (χ1n) is 9.86. The molecule has 1 aliphatic rings. The van der Waals surface area contributed by atoms with Gasteiger partial charge in [0.2, 0.25) is 0 Å². The fourth-order valence-corrected chi connectivity index (χ4v) is 3.65. The Morgan fingerprint density at radius 1 is 1.12 bits per heavy atom. The topological polar surface area (TPSA) is 149 Å². The molecule has 11 nitrogen and oxygen atoms in total. The van der Waals surface area contributed by atoms with Crippen molar-refractivity contribution >= 4 is 23.3 Å². The molecule has 0 aliphatic carbocycles. The highest BCUT2D eigenvalue weighted by atomic mass is 16.7. The molecule has 0 bridgehead atoms. The van der Waals surface area contributed by atoms with E-state index in [4.69, 9.17) is 19.4 Å². The van der Waals surface area contributed by atoms with Gasteiger partial charge in [-0.2, -0.15) is 0 Å². The van der Waals surface area contributed by atoms with E-state index in [-0.39, 0.29) is 23.6 Å². The third-order valence-electron chi connectivity index (χ3n) is 5.23. The summed E-state index contributed by atoms with van der Waals surface area (Å²) in [5.41, 5.74) is 0.984. The minimum Gasteiger partial charge on any atom is -0.493 e. The van der Waals surface area contributed by atoms with Crippen LogP contribution in [-0.4, -0.2) is 47.8 Å². The molecule has 0 saturated carbocycles. The number of rotatable bonds is 8. The minimum absolute atomic E-state index is 0.0187. The number of carboxylic acids is 2. The largest absolute Gasteiger partial charge is 0.493 e. The second-order valence-corrected chi connectivity index (χ2v) is 7.22. The van der Waals surface area contributed by atoms with Crippen LogP contribution < -0.4 is 19.4 Å². The molecule has 0 saturated heterocycles. The quantitative estimate of drug-likeness (QED) is 0.343. The number of nitro groups is 1. The normalized spacial score (nSPS) is 15.8. The summed E-state index contributed by atoms with van der Waals surface area (Å²) < 4.78 is 10.7. The van der Waals surface area contributed by atoms with Crippen LogP contribution in [0.4, 0.5) is 11.4 Å². The lowest BCUT2D eigenvalue weighted by Gasteiger charge is -2.28. The van der Waals surface area contributed by atoms with Gasteiger partial charge in [0.25, 0.3) is 5.69 Å². The van der Waals surface area contributed by atoms with Gasteiger partial charge in [0, 0.05) is 35.8 Å². The van der Waals surface area contributed by atoms with Crippen molar-refractivity contribution in [2.75, 3.05) is 25.8 Å². The SMILES string of the molecule is COc1cc2c(cc1OC)N(Oc1ccc([N+](=O)[O-])cc1)CC(C(=CC(=O)O)C(=O)O)CC2. The molecule has 1 unspecified atom stereocenters. The van der Waals surface area contributed by atoms with E-state index < -0.39 is 22.8 Å². The summed E-state index contributed by atoms with van der Waals surface area (Å²) in [7, 11) is 2.97. The van der Waals surface area contributed by atoms with Crippen molar-refractivity contribution in [3.05, 3.63) is 63.7 Å². The number of nitro benzene ring substituents is 1. The van der Waals surface area contributed by atoms with E-state index >= 15 is 0 Å². The third kappa shape index (κ3) is 5.32. The number of ether oxygens (including phenoxy) is 2. The average Bonchev–Trinajstić information content (AvgIpc) is 2.95. The maximum absolute atomic E-state index is 11.8. The zero-order valence-electron chi connectivity index (χ0n) is 17.9. The highest BCUT2D eigenvalue weighted by Gasteiger charge is 2.31. The van der Waals surface area contributed by atoms with E-state index in [0.29, 0.717) is 36.1 Å². The van der Waals surface area contributed by atoms with Crippen molar-refractivity contribution in [1.82, 2.24) is 0 Å². The smallest absolute Gasteiger partial charge is 0.332 e. The molecule has 2 N–H and O–H groups in total. The molecular formula is C22H22N2O9. The third-order valence-corrected chi connectivity index (χ3v) is 5.23.